The Labute approximate surface area is 98.9 Å². The van der Waals surface area contributed by atoms with Gasteiger partial charge in [-0.3, -0.25) is 9.59 Å². The summed E-state index contributed by atoms with van der Waals surface area (Å²) in [6.45, 7) is 2.22. The summed E-state index contributed by atoms with van der Waals surface area (Å²) in [5, 5.41) is 16.2. The molecule has 2 unspecified atom stereocenters. The summed E-state index contributed by atoms with van der Waals surface area (Å²) in [4.78, 5) is 33.2. The first-order valence-electron chi connectivity index (χ1n) is 5.55. The number of carboxylic acid groups (broad SMARTS) is 1. The second kappa shape index (κ2) is 6.07. The zero-order valence-electron chi connectivity index (χ0n) is 9.66. The molecule has 0 aromatic heterocycles. The van der Waals surface area contributed by atoms with Crippen molar-refractivity contribution in [2.75, 3.05) is 6.54 Å². The Hall–Kier alpha value is -1.79. The standard InChI is InChI=1S/C10H17N3O4/c1-6(5-8(14)15)12-10(17)13-7-3-2-4-11-9(7)16/h6-7H,2-5H2,1H3,(H,11,16)(H,14,15)(H2,12,13,17). The number of carboxylic acids is 1. The van der Waals surface area contributed by atoms with E-state index < -0.39 is 24.1 Å². The van der Waals surface area contributed by atoms with Crippen LogP contribution in [0.4, 0.5) is 4.79 Å². The fourth-order valence-electron chi connectivity index (χ4n) is 1.65. The molecule has 2 atom stereocenters. The van der Waals surface area contributed by atoms with Gasteiger partial charge < -0.3 is 21.1 Å². The van der Waals surface area contributed by atoms with Gasteiger partial charge in [-0.1, -0.05) is 0 Å². The average Bonchev–Trinajstić information content (AvgIpc) is 2.19. The SMILES string of the molecule is CC(CC(=O)O)NC(=O)NC1CCCNC1=O. The van der Waals surface area contributed by atoms with Gasteiger partial charge in [0.05, 0.1) is 6.42 Å². The molecule has 1 heterocycles. The highest BCUT2D eigenvalue weighted by Gasteiger charge is 2.24. The zero-order chi connectivity index (χ0) is 12.8. The Morgan fingerprint density at radius 2 is 2.29 bits per heavy atom. The molecule has 0 radical (unpaired) electrons. The first-order valence-corrected chi connectivity index (χ1v) is 5.55. The molecular weight excluding hydrogens is 226 g/mol. The van der Waals surface area contributed by atoms with E-state index >= 15 is 0 Å². The molecule has 0 spiro atoms. The van der Waals surface area contributed by atoms with Gasteiger partial charge in [0.25, 0.3) is 0 Å². The van der Waals surface area contributed by atoms with Crippen molar-refractivity contribution in [2.24, 2.45) is 0 Å². The molecule has 1 aliphatic heterocycles. The van der Waals surface area contributed by atoms with Crippen LogP contribution >= 0.6 is 0 Å². The molecule has 0 aliphatic carbocycles. The summed E-state index contributed by atoms with van der Waals surface area (Å²) in [5.41, 5.74) is 0. The molecule has 7 nitrogen and oxygen atoms in total. The number of urea groups is 1. The molecule has 1 aliphatic rings. The topological polar surface area (TPSA) is 108 Å². The van der Waals surface area contributed by atoms with Crippen molar-refractivity contribution in [1.29, 1.82) is 0 Å². The Bertz CT molecular complexity index is 319. The van der Waals surface area contributed by atoms with Gasteiger partial charge in [0.2, 0.25) is 5.91 Å². The van der Waals surface area contributed by atoms with Crippen LogP contribution in [-0.4, -0.2) is 41.6 Å². The van der Waals surface area contributed by atoms with E-state index in [-0.39, 0.29) is 12.3 Å². The van der Waals surface area contributed by atoms with Crippen molar-refractivity contribution in [2.45, 2.75) is 38.3 Å². The number of carbonyl (C=O) groups is 3. The predicted octanol–water partition coefficient (Wildman–Crippen LogP) is -0.573. The number of aliphatic carboxylic acids is 1. The van der Waals surface area contributed by atoms with E-state index in [0.29, 0.717) is 13.0 Å². The van der Waals surface area contributed by atoms with Crippen molar-refractivity contribution >= 4 is 17.9 Å². The summed E-state index contributed by atoms with van der Waals surface area (Å²) in [7, 11) is 0. The number of hydrogen-bond acceptors (Lipinski definition) is 3. The smallest absolute Gasteiger partial charge is 0.315 e. The van der Waals surface area contributed by atoms with Gasteiger partial charge in [-0.25, -0.2) is 4.79 Å². The third-order valence-corrected chi connectivity index (χ3v) is 2.45. The van der Waals surface area contributed by atoms with Crippen LogP contribution in [0.5, 0.6) is 0 Å². The molecule has 3 amide bonds. The molecule has 0 bridgehead atoms. The fourth-order valence-corrected chi connectivity index (χ4v) is 1.65. The lowest BCUT2D eigenvalue weighted by molar-refractivity contribution is -0.137. The quantitative estimate of drug-likeness (QED) is 0.530. The highest BCUT2D eigenvalue weighted by molar-refractivity contribution is 5.87. The Balaban J connectivity index is 2.33. The number of hydrogen-bond donors (Lipinski definition) is 4. The second-order valence-electron chi connectivity index (χ2n) is 4.10. The van der Waals surface area contributed by atoms with Crippen LogP contribution in [0.15, 0.2) is 0 Å². The number of carbonyl (C=O) groups excluding carboxylic acids is 2. The highest BCUT2D eigenvalue weighted by atomic mass is 16.4. The lowest BCUT2D eigenvalue weighted by Gasteiger charge is -2.23. The Morgan fingerprint density at radius 3 is 2.88 bits per heavy atom. The highest BCUT2D eigenvalue weighted by Crippen LogP contribution is 2.02. The summed E-state index contributed by atoms with van der Waals surface area (Å²) in [6.07, 6.45) is 1.28. The zero-order valence-corrected chi connectivity index (χ0v) is 9.66. The second-order valence-corrected chi connectivity index (χ2v) is 4.10. The molecule has 1 rings (SSSR count). The van der Waals surface area contributed by atoms with Gasteiger partial charge >= 0.3 is 12.0 Å². The monoisotopic (exact) mass is 243 g/mol. The Kier molecular flexibility index (Phi) is 4.74. The molecule has 17 heavy (non-hydrogen) atoms. The average molecular weight is 243 g/mol. The minimum atomic E-state index is -0.979. The lowest BCUT2D eigenvalue weighted by Crippen LogP contribution is -2.54. The lowest BCUT2D eigenvalue weighted by atomic mass is 10.1. The molecule has 1 saturated heterocycles. The summed E-state index contributed by atoms with van der Waals surface area (Å²) >= 11 is 0. The van der Waals surface area contributed by atoms with E-state index in [1.54, 1.807) is 6.92 Å². The fraction of sp³-hybridized carbons (Fsp3) is 0.700. The van der Waals surface area contributed by atoms with E-state index in [2.05, 4.69) is 16.0 Å². The molecule has 0 aromatic carbocycles. The van der Waals surface area contributed by atoms with Gasteiger partial charge in [0.15, 0.2) is 0 Å². The van der Waals surface area contributed by atoms with Gasteiger partial charge in [-0.05, 0) is 19.8 Å². The molecule has 7 heteroatoms. The van der Waals surface area contributed by atoms with Crippen molar-refractivity contribution in [1.82, 2.24) is 16.0 Å². The normalized spacial score (nSPS) is 21.2. The van der Waals surface area contributed by atoms with Crippen LogP contribution < -0.4 is 16.0 Å². The van der Waals surface area contributed by atoms with Crippen molar-refractivity contribution < 1.29 is 19.5 Å². The minimum absolute atomic E-state index is 0.149. The van der Waals surface area contributed by atoms with Crippen molar-refractivity contribution in [3.05, 3.63) is 0 Å². The van der Waals surface area contributed by atoms with Crippen LogP contribution in [0.1, 0.15) is 26.2 Å². The number of amides is 3. The van der Waals surface area contributed by atoms with Gasteiger partial charge in [-0.15, -0.1) is 0 Å². The van der Waals surface area contributed by atoms with Gasteiger partial charge in [0, 0.05) is 12.6 Å². The molecule has 0 saturated carbocycles. The third kappa shape index (κ3) is 4.71. The Morgan fingerprint density at radius 1 is 1.59 bits per heavy atom. The summed E-state index contributed by atoms with van der Waals surface area (Å²) < 4.78 is 0. The van der Waals surface area contributed by atoms with E-state index in [1.807, 2.05) is 0 Å². The molecule has 0 aromatic rings. The van der Waals surface area contributed by atoms with Crippen LogP contribution in [0.25, 0.3) is 0 Å². The molecule has 96 valence electrons. The molecule has 4 N–H and O–H groups in total. The van der Waals surface area contributed by atoms with Crippen LogP contribution in [-0.2, 0) is 9.59 Å². The maximum absolute atomic E-state index is 11.5. The van der Waals surface area contributed by atoms with Crippen LogP contribution in [0, 0.1) is 0 Å². The van der Waals surface area contributed by atoms with E-state index in [9.17, 15) is 14.4 Å². The van der Waals surface area contributed by atoms with Crippen molar-refractivity contribution in [3.8, 4) is 0 Å². The largest absolute Gasteiger partial charge is 0.481 e. The maximum atomic E-state index is 11.5. The van der Waals surface area contributed by atoms with E-state index in [4.69, 9.17) is 5.11 Å². The summed E-state index contributed by atoms with van der Waals surface area (Å²) in [5.74, 6) is -1.18. The van der Waals surface area contributed by atoms with Gasteiger partial charge in [-0.2, -0.15) is 0 Å². The number of nitrogens with one attached hydrogen (secondary N) is 3. The van der Waals surface area contributed by atoms with Crippen LogP contribution in [0.3, 0.4) is 0 Å². The van der Waals surface area contributed by atoms with Gasteiger partial charge in [0.1, 0.15) is 6.04 Å². The van der Waals surface area contributed by atoms with Crippen molar-refractivity contribution in [3.63, 3.8) is 0 Å². The first-order chi connectivity index (χ1) is 7.99. The van der Waals surface area contributed by atoms with E-state index in [1.165, 1.54) is 0 Å². The maximum Gasteiger partial charge on any atom is 0.315 e. The van der Waals surface area contributed by atoms with Crippen LogP contribution in [0.2, 0.25) is 0 Å². The first kappa shape index (κ1) is 13.3. The summed E-state index contributed by atoms with van der Waals surface area (Å²) in [6, 6.07) is -1.51. The molecule has 1 fully saturated rings. The number of rotatable bonds is 4. The minimum Gasteiger partial charge on any atom is -0.481 e. The third-order valence-electron chi connectivity index (χ3n) is 2.45. The predicted molar refractivity (Wildman–Crippen MR) is 59.4 cm³/mol. The number of piperidine rings is 1. The molecular formula is C10H17N3O4. The van der Waals surface area contributed by atoms with E-state index in [0.717, 1.165) is 6.42 Å².